The molecular weight excluding hydrogens is 254 g/mol. The van der Waals surface area contributed by atoms with Crippen LogP contribution in [0, 0.1) is 12.8 Å². The summed E-state index contributed by atoms with van der Waals surface area (Å²) < 4.78 is 0. The Morgan fingerprint density at radius 2 is 1.90 bits per heavy atom. The molecule has 4 N–H and O–H groups in total. The number of benzene rings is 1. The number of hydrogen-bond donors (Lipinski definition) is 3. The van der Waals surface area contributed by atoms with Gasteiger partial charge in [-0.2, -0.15) is 0 Å². The van der Waals surface area contributed by atoms with Gasteiger partial charge < -0.3 is 16.4 Å². The van der Waals surface area contributed by atoms with Gasteiger partial charge in [-0.1, -0.05) is 6.92 Å². The molecule has 5 heteroatoms. The summed E-state index contributed by atoms with van der Waals surface area (Å²) in [5, 5.41) is 5.63. The van der Waals surface area contributed by atoms with Crippen LogP contribution < -0.4 is 16.4 Å². The Hall–Kier alpha value is -1.88. The molecule has 110 valence electrons. The number of carbonyl (C=O) groups excluding carboxylic acids is 2. The average Bonchev–Trinajstić information content (AvgIpc) is 2.36. The molecule has 0 radical (unpaired) electrons. The van der Waals surface area contributed by atoms with Crippen molar-refractivity contribution >= 4 is 17.5 Å². The molecule has 0 saturated heterocycles. The fourth-order valence-electron chi connectivity index (χ4n) is 1.71. The van der Waals surface area contributed by atoms with Gasteiger partial charge in [-0.15, -0.1) is 0 Å². The second kappa shape index (κ2) is 7.05. The van der Waals surface area contributed by atoms with E-state index < -0.39 is 0 Å². The number of anilines is 1. The Morgan fingerprint density at radius 3 is 2.40 bits per heavy atom. The summed E-state index contributed by atoms with van der Waals surface area (Å²) in [6.45, 7) is 7.75. The topological polar surface area (TPSA) is 84.2 Å². The summed E-state index contributed by atoms with van der Waals surface area (Å²) in [7, 11) is 0. The summed E-state index contributed by atoms with van der Waals surface area (Å²) in [5.41, 5.74) is 7.56. The summed E-state index contributed by atoms with van der Waals surface area (Å²) in [5.74, 6) is -0.462. The Morgan fingerprint density at radius 1 is 1.25 bits per heavy atom. The van der Waals surface area contributed by atoms with Crippen LogP contribution in [-0.2, 0) is 4.79 Å². The van der Waals surface area contributed by atoms with Crippen LogP contribution in [0.1, 0.15) is 36.7 Å². The SMILES string of the molecule is Cc1cc(NC(=O)C(C)CN)ccc1C(=O)NC(C)C. The predicted molar refractivity (Wildman–Crippen MR) is 80.6 cm³/mol. The molecule has 0 aliphatic carbocycles. The van der Waals surface area contributed by atoms with E-state index in [2.05, 4.69) is 10.6 Å². The van der Waals surface area contributed by atoms with Gasteiger partial charge in [0, 0.05) is 29.8 Å². The average molecular weight is 277 g/mol. The van der Waals surface area contributed by atoms with Crippen LogP contribution in [0.2, 0.25) is 0 Å². The third kappa shape index (κ3) is 4.35. The summed E-state index contributed by atoms with van der Waals surface area (Å²) in [4.78, 5) is 23.7. The van der Waals surface area contributed by atoms with Gasteiger partial charge in [-0.05, 0) is 44.5 Å². The molecular formula is C15H23N3O2. The quantitative estimate of drug-likeness (QED) is 0.765. The number of carbonyl (C=O) groups is 2. The standard InChI is InChI=1S/C15H23N3O2/c1-9(2)17-15(20)13-6-5-12(7-10(13)3)18-14(19)11(4)8-16/h5-7,9,11H,8,16H2,1-4H3,(H,17,20)(H,18,19). The van der Waals surface area contributed by atoms with E-state index in [9.17, 15) is 9.59 Å². The van der Waals surface area contributed by atoms with Gasteiger partial charge in [-0.3, -0.25) is 9.59 Å². The number of rotatable bonds is 5. The number of amides is 2. The molecule has 1 unspecified atom stereocenters. The molecule has 0 aromatic heterocycles. The van der Waals surface area contributed by atoms with Crippen molar-refractivity contribution in [1.29, 1.82) is 0 Å². The minimum absolute atomic E-state index is 0.0895. The largest absolute Gasteiger partial charge is 0.350 e. The van der Waals surface area contributed by atoms with Crippen molar-refractivity contribution in [1.82, 2.24) is 5.32 Å². The van der Waals surface area contributed by atoms with E-state index in [1.54, 1.807) is 25.1 Å². The summed E-state index contributed by atoms with van der Waals surface area (Å²) in [6, 6.07) is 5.32. The number of hydrogen-bond acceptors (Lipinski definition) is 3. The van der Waals surface area contributed by atoms with E-state index in [0.717, 1.165) is 5.56 Å². The lowest BCUT2D eigenvalue weighted by Crippen LogP contribution is -2.30. The van der Waals surface area contributed by atoms with Crippen LogP contribution in [0.25, 0.3) is 0 Å². The van der Waals surface area contributed by atoms with E-state index in [-0.39, 0.29) is 23.8 Å². The first kappa shape index (κ1) is 16.2. The van der Waals surface area contributed by atoms with E-state index in [0.29, 0.717) is 17.8 Å². The molecule has 1 rings (SSSR count). The molecule has 0 bridgehead atoms. The molecule has 1 atom stereocenters. The maximum atomic E-state index is 11.9. The van der Waals surface area contributed by atoms with E-state index >= 15 is 0 Å². The molecule has 0 spiro atoms. The van der Waals surface area contributed by atoms with Crippen molar-refractivity contribution in [3.8, 4) is 0 Å². The monoisotopic (exact) mass is 277 g/mol. The van der Waals surface area contributed by atoms with Gasteiger partial charge in [0.25, 0.3) is 5.91 Å². The molecule has 0 aliphatic heterocycles. The third-order valence-corrected chi connectivity index (χ3v) is 2.96. The van der Waals surface area contributed by atoms with Gasteiger partial charge in [0.1, 0.15) is 0 Å². The predicted octanol–water partition coefficient (Wildman–Crippen LogP) is 1.67. The Labute approximate surface area is 119 Å². The highest BCUT2D eigenvalue weighted by Crippen LogP contribution is 2.16. The molecule has 0 heterocycles. The van der Waals surface area contributed by atoms with Gasteiger partial charge in [0.15, 0.2) is 0 Å². The lowest BCUT2D eigenvalue weighted by atomic mass is 10.1. The van der Waals surface area contributed by atoms with E-state index in [1.807, 2.05) is 20.8 Å². The zero-order chi connectivity index (χ0) is 15.3. The lowest BCUT2D eigenvalue weighted by molar-refractivity contribution is -0.119. The van der Waals surface area contributed by atoms with Crippen LogP contribution in [0.15, 0.2) is 18.2 Å². The molecule has 5 nitrogen and oxygen atoms in total. The van der Waals surface area contributed by atoms with Crippen molar-refractivity contribution in [2.45, 2.75) is 33.7 Å². The maximum Gasteiger partial charge on any atom is 0.251 e. The Bertz CT molecular complexity index is 498. The minimum atomic E-state index is -0.237. The number of nitrogens with one attached hydrogen (secondary N) is 2. The van der Waals surface area contributed by atoms with Gasteiger partial charge in [-0.25, -0.2) is 0 Å². The van der Waals surface area contributed by atoms with Crippen molar-refractivity contribution in [3.05, 3.63) is 29.3 Å². The van der Waals surface area contributed by atoms with Crippen LogP contribution in [0.4, 0.5) is 5.69 Å². The first-order valence-corrected chi connectivity index (χ1v) is 6.77. The Kier molecular flexibility index (Phi) is 5.70. The van der Waals surface area contributed by atoms with Gasteiger partial charge >= 0.3 is 0 Å². The van der Waals surface area contributed by atoms with Crippen molar-refractivity contribution in [3.63, 3.8) is 0 Å². The van der Waals surface area contributed by atoms with Gasteiger partial charge in [0.2, 0.25) is 5.91 Å². The zero-order valence-corrected chi connectivity index (χ0v) is 12.5. The molecule has 0 saturated carbocycles. The molecule has 2 amide bonds. The summed E-state index contributed by atoms with van der Waals surface area (Å²) in [6.07, 6.45) is 0. The van der Waals surface area contributed by atoms with Crippen LogP contribution in [0.5, 0.6) is 0 Å². The molecule has 1 aromatic carbocycles. The smallest absolute Gasteiger partial charge is 0.251 e. The van der Waals surface area contributed by atoms with Gasteiger partial charge in [0.05, 0.1) is 0 Å². The third-order valence-electron chi connectivity index (χ3n) is 2.96. The van der Waals surface area contributed by atoms with Crippen LogP contribution >= 0.6 is 0 Å². The second-order valence-electron chi connectivity index (χ2n) is 5.28. The van der Waals surface area contributed by atoms with E-state index in [4.69, 9.17) is 5.73 Å². The highest BCUT2D eigenvalue weighted by Gasteiger charge is 2.13. The number of nitrogens with two attached hydrogens (primary N) is 1. The fourth-order valence-corrected chi connectivity index (χ4v) is 1.71. The second-order valence-corrected chi connectivity index (χ2v) is 5.28. The van der Waals surface area contributed by atoms with Crippen molar-refractivity contribution in [2.75, 3.05) is 11.9 Å². The van der Waals surface area contributed by atoms with Crippen molar-refractivity contribution < 1.29 is 9.59 Å². The van der Waals surface area contributed by atoms with E-state index in [1.165, 1.54) is 0 Å². The van der Waals surface area contributed by atoms with Crippen molar-refractivity contribution in [2.24, 2.45) is 11.7 Å². The highest BCUT2D eigenvalue weighted by molar-refractivity contribution is 5.97. The molecule has 0 fully saturated rings. The first-order valence-electron chi connectivity index (χ1n) is 6.77. The normalized spacial score (nSPS) is 12.1. The molecule has 0 aliphatic rings. The fraction of sp³-hybridized carbons (Fsp3) is 0.467. The lowest BCUT2D eigenvalue weighted by Gasteiger charge is -2.13. The molecule has 1 aromatic rings. The zero-order valence-electron chi connectivity index (χ0n) is 12.5. The first-order chi connectivity index (χ1) is 9.35. The summed E-state index contributed by atoms with van der Waals surface area (Å²) >= 11 is 0. The maximum absolute atomic E-state index is 11.9. The minimum Gasteiger partial charge on any atom is -0.350 e. The number of aryl methyl sites for hydroxylation is 1. The highest BCUT2D eigenvalue weighted by atomic mass is 16.2. The molecule has 20 heavy (non-hydrogen) atoms. The van der Waals surface area contributed by atoms with Crippen LogP contribution in [-0.4, -0.2) is 24.4 Å². The van der Waals surface area contributed by atoms with Crippen LogP contribution in [0.3, 0.4) is 0 Å². The Balaban J connectivity index is 2.83.